The van der Waals surface area contributed by atoms with E-state index in [-0.39, 0.29) is 35.9 Å². The van der Waals surface area contributed by atoms with Crippen LogP contribution in [0.25, 0.3) is 0 Å². The lowest BCUT2D eigenvalue weighted by Gasteiger charge is -2.15. The second-order valence-electron chi connectivity index (χ2n) is 4.46. The molecule has 0 radical (unpaired) electrons. The summed E-state index contributed by atoms with van der Waals surface area (Å²) < 4.78 is 4.60. The third-order valence-corrected chi connectivity index (χ3v) is 4.33. The molecule has 2 amide bonds. The number of carbonyl (C=O) groups is 3. The van der Waals surface area contributed by atoms with E-state index in [0.717, 1.165) is 4.90 Å². The van der Waals surface area contributed by atoms with Gasteiger partial charge in [0.15, 0.2) is 0 Å². The second kappa shape index (κ2) is 8.17. The van der Waals surface area contributed by atoms with Crippen molar-refractivity contribution in [2.24, 2.45) is 5.73 Å². The highest BCUT2D eigenvalue weighted by atomic mass is 35.5. The van der Waals surface area contributed by atoms with Gasteiger partial charge in [-0.2, -0.15) is 0 Å². The number of nitrogens with two attached hydrogens (primary N) is 1. The molecule has 0 aromatic heterocycles. The number of ether oxygens (including phenoxy) is 1. The normalized spacial score (nSPS) is 17.4. The van der Waals surface area contributed by atoms with Gasteiger partial charge in [0, 0.05) is 18.7 Å². The van der Waals surface area contributed by atoms with Crippen LogP contribution < -0.4 is 23.0 Å². The fraction of sp³-hybridized carbons (Fsp3) is 0.357. The van der Waals surface area contributed by atoms with Crippen molar-refractivity contribution in [2.75, 3.05) is 24.3 Å². The van der Waals surface area contributed by atoms with Crippen molar-refractivity contribution in [3.05, 3.63) is 29.8 Å². The molecular formula is C14H16ClN2O4S-. The molecule has 22 heavy (non-hydrogen) atoms. The van der Waals surface area contributed by atoms with Crippen LogP contribution in [-0.2, 0) is 14.3 Å². The smallest absolute Gasteiger partial charge is 0.337 e. The van der Waals surface area contributed by atoms with Gasteiger partial charge >= 0.3 is 5.97 Å². The van der Waals surface area contributed by atoms with Crippen LogP contribution in [0.2, 0.25) is 0 Å². The van der Waals surface area contributed by atoms with Gasteiger partial charge in [-0.1, -0.05) is 0 Å². The molecule has 2 rings (SSSR count). The van der Waals surface area contributed by atoms with E-state index in [1.165, 1.54) is 31.0 Å². The average Bonchev–Trinajstić information content (AvgIpc) is 2.79. The van der Waals surface area contributed by atoms with E-state index in [1.807, 2.05) is 0 Å². The van der Waals surface area contributed by atoms with Crippen molar-refractivity contribution in [2.45, 2.75) is 11.7 Å². The number of hydrogen-bond acceptors (Lipinski definition) is 6. The van der Waals surface area contributed by atoms with E-state index in [2.05, 4.69) is 4.74 Å². The van der Waals surface area contributed by atoms with Gasteiger partial charge in [0.25, 0.3) is 0 Å². The number of halogens is 1. The summed E-state index contributed by atoms with van der Waals surface area (Å²) in [6.07, 6.45) is 0.183. The molecule has 1 fully saturated rings. The molecule has 1 saturated heterocycles. The number of methoxy groups -OCH3 is 1. The number of rotatable bonds is 5. The molecule has 1 aromatic rings. The molecule has 1 aliphatic rings. The zero-order chi connectivity index (χ0) is 15.4. The van der Waals surface area contributed by atoms with Gasteiger partial charge in [-0.25, -0.2) is 9.69 Å². The summed E-state index contributed by atoms with van der Waals surface area (Å²) in [5.74, 6) is -0.291. The average molecular weight is 344 g/mol. The first-order valence-electron chi connectivity index (χ1n) is 6.45. The third-order valence-electron chi connectivity index (χ3n) is 3.09. The van der Waals surface area contributed by atoms with Crippen LogP contribution in [0.4, 0.5) is 5.69 Å². The van der Waals surface area contributed by atoms with E-state index >= 15 is 0 Å². The van der Waals surface area contributed by atoms with Crippen molar-refractivity contribution in [1.29, 1.82) is 0 Å². The molecule has 1 heterocycles. The zero-order valence-corrected chi connectivity index (χ0v) is 13.5. The Labute approximate surface area is 138 Å². The Morgan fingerprint density at radius 3 is 2.55 bits per heavy atom. The van der Waals surface area contributed by atoms with Crippen LogP contribution >= 0.6 is 11.8 Å². The summed E-state index contributed by atoms with van der Waals surface area (Å²) in [5, 5.41) is -0.374. The van der Waals surface area contributed by atoms with Crippen molar-refractivity contribution in [3.8, 4) is 0 Å². The Morgan fingerprint density at radius 1 is 1.36 bits per heavy atom. The molecular weight excluding hydrogens is 328 g/mol. The molecule has 1 unspecified atom stereocenters. The van der Waals surface area contributed by atoms with Gasteiger partial charge in [0.1, 0.15) is 0 Å². The Hall–Kier alpha value is -1.57. The van der Waals surface area contributed by atoms with Crippen molar-refractivity contribution >= 4 is 35.2 Å². The van der Waals surface area contributed by atoms with E-state index in [9.17, 15) is 14.4 Å². The number of imide groups is 1. The number of thioether (sulfide) groups is 1. The summed E-state index contributed by atoms with van der Waals surface area (Å²) in [6, 6.07) is 6.19. The minimum Gasteiger partial charge on any atom is -1.00 e. The zero-order valence-electron chi connectivity index (χ0n) is 12.0. The maximum absolute atomic E-state index is 12.2. The summed E-state index contributed by atoms with van der Waals surface area (Å²) in [5.41, 5.74) is 6.25. The predicted octanol–water partition coefficient (Wildman–Crippen LogP) is -2.20. The highest BCUT2D eigenvalue weighted by Crippen LogP contribution is 2.29. The number of esters is 1. The lowest BCUT2D eigenvalue weighted by Crippen LogP contribution is -3.00. The Balaban J connectivity index is 0.00000242. The minimum atomic E-state index is -0.461. The number of hydrogen-bond donors (Lipinski definition) is 1. The quantitative estimate of drug-likeness (QED) is 0.482. The Bertz CT molecular complexity index is 564. The van der Waals surface area contributed by atoms with Crippen LogP contribution in [-0.4, -0.2) is 42.4 Å². The molecule has 1 atom stereocenters. The molecule has 1 aromatic carbocycles. The number of benzene rings is 1. The number of anilines is 1. The topological polar surface area (TPSA) is 89.7 Å². The van der Waals surface area contributed by atoms with E-state index in [4.69, 9.17) is 5.73 Å². The summed E-state index contributed by atoms with van der Waals surface area (Å²) in [7, 11) is 1.29. The van der Waals surface area contributed by atoms with E-state index < -0.39 is 5.97 Å². The molecule has 0 spiro atoms. The van der Waals surface area contributed by atoms with Crippen LogP contribution in [0.15, 0.2) is 24.3 Å². The predicted molar refractivity (Wildman–Crippen MR) is 80.2 cm³/mol. The highest BCUT2D eigenvalue weighted by molar-refractivity contribution is 8.00. The molecule has 0 saturated carbocycles. The van der Waals surface area contributed by atoms with E-state index in [1.54, 1.807) is 12.1 Å². The first-order valence-corrected chi connectivity index (χ1v) is 7.50. The van der Waals surface area contributed by atoms with Gasteiger partial charge in [0.05, 0.1) is 23.6 Å². The number of carbonyl (C=O) groups excluding carboxylic acids is 3. The molecule has 6 nitrogen and oxygen atoms in total. The number of amides is 2. The largest absolute Gasteiger partial charge is 1.00 e. The lowest BCUT2D eigenvalue weighted by molar-refractivity contribution is -0.121. The van der Waals surface area contributed by atoms with Crippen molar-refractivity contribution in [1.82, 2.24) is 0 Å². The molecule has 0 aliphatic carbocycles. The van der Waals surface area contributed by atoms with Gasteiger partial charge in [-0.05, 0) is 24.3 Å². The Kier molecular flexibility index (Phi) is 6.86. The van der Waals surface area contributed by atoms with Gasteiger partial charge < -0.3 is 22.9 Å². The standard InChI is InChI=1S/C14H16N2O4S.ClH/c1-20-14(19)9-2-4-10(5-3-9)16-12(17)8-11(13(16)18)21-7-6-15;/h2-5,11H,6-8,15H2,1H3;1H/p-1. The molecule has 2 N–H and O–H groups in total. The highest BCUT2D eigenvalue weighted by Gasteiger charge is 2.39. The van der Waals surface area contributed by atoms with Crippen LogP contribution in [0.5, 0.6) is 0 Å². The van der Waals surface area contributed by atoms with Crippen molar-refractivity contribution in [3.63, 3.8) is 0 Å². The molecule has 0 bridgehead atoms. The van der Waals surface area contributed by atoms with Gasteiger partial charge in [0.2, 0.25) is 11.8 Å². The Morgan fingerprint density at radius 2 is 2.00 bits per heavy atom. The van der Waals surface area contributed by atoms with Crippen molar-refractivity contribution < 1.29 is 31.5 Å². The van der Waals surface area contributed by atoms with Crippen LogP contribution in [0.1, 0.15) is 16.8 Å². The summed E-state index contributed by atoms with van der Waals surface area (Å²) in [4.78, 5) is 36.8. The lowest BCUT2D eigenvalue weighted by atomic mass is 10.2. The molecule has 8 heteroatoms. The van der Waals surface area contributed by atoms with E-state index in [0.29, 0.717) is 23.5 Å². The maximum Gasteiger partial charge on any atom is 0.337 e. The fourth-order valence-electron chi connectivity index (χ4n) is 2.08. The first-order chi connectivity index (χ1) is 10.1. The fourth-order valence-corrected chi connectivity index (χ4v) is 3.01. The SMILES string of the molecule is COC(=O)c1ccc(N2C(=O)CC(SCCN)C2=O)cc1.[Cl-]. The minimum absolute atomic E-state index is 0. The summed E-state index contributed by atoms with van der Waals surface area (Å²) in [6.45, 7) is 0.469. The monoisotopic (exact) mass is 343 g/mol. The third kappa shape index (κ3) is 3.79. The van der Waals surface area contributed by atoms with Crippen LogP contribution in [0.3, 0.4) is 0 Å². The van der Waals surface area contributed by atoms with Crippen LogP contribution in [0, 0.1) is 0 Å². The maximum atomic E-state index is 12.2. The summed E-state index contributed by atoms with van der Waals surface area (Å²) >= 11 is 1.39. The van der Waals surface area contributed by atoms with Gasteiger partial charge in [-0.15, -0.1) is 11.8 Å². The van der Waals surface area contributed by atoms with Gasteiger partial charge in [-0.3, -0.25) is 9.59 Å². The first kappa shape index (κ1) is 18.5. The second-order valence-corrected chi connectivity index (χ2v) is 5.77. The number of nitrogens with zero attached hydrogens (tertiary/aromatic N) is 1. The molecule has 120 valence electrons. The molecule has 1 aliphatic heterocycles.